The van der Waals surface area contributed by atoms with Gasteiger partial charge in [-0.3, -0.25) is 9.59 Å². The zero-order valence-electron chi connectivity index (χ0n) is 14.8. The van der Waals surface area contributed by atoms with Gasteiger partial charge in [0.25, 0.3) is 0 Å². The number of rotatable bonds is 5. The summed E-state index contributed by atoms with van der Waals surface area (Å²) >= 11 is 0. The van der Waals surface area contributed by atoms with Crippen molar-refractivity contribution < 1.29 is 18.7 Å². The van der Waals surface area contributed by atoms with Gasteiger partial charge in [0.05, 0.1) is 18.7 Å². The van der Waals surface area contributed by atoms with Crippen LogP contribution in [0.25, 0.3) is 0 Å². The largest absolute Gasteiger partial charge is 0.495 e. The molecule has 2 aromatic rings. The fourth-order valence-corrected chi connectivity index (χ4v) is 3.06. The number of aryl methyl sites for hydroxylation is 1. The van der Waals surface area contributed by atoms with E-state index in [0.29, 0.717) is 24.5 Å². The molecule has 26 heavy (non-hydrogen) atoms. The molecular weight excluding hydrogens is 335 g/mol. The molecule has 0 aromatic heterocycles. The molecule has 3 rings (SSSR count). The van der Waals surface area contributed by atoms with Crippen molar-refractivity contribution in [2.75, 3.05) is 18.6 Å². The van der Waals surface area contributed by atoms with Gasteiger partial charge < -0.3 is 15.0 Å². The Kier molecular flexibility index (Phi) is 5.21. The average Bonchev–Trinajstić information content (AvgIpc) is 3.02. The number of hydrogen-bond acceptors (Lipinski definition) is 3. The van der Waals surface area contributed by atoms with E-state index < -0.39 is 5.92 Å². The number of nitrogens with one attached hydrogen (secondary N) is 1. The summed E-state index contributed by atoms with van der Waals surface area (Å²) in [5.41, 5.74) is 2.51. The molecule has 1 unspecified atom stereocenters. The number of anilines is 1. The third-order valence-corrected chi connectivity index (χ3v) is 4.50. The number of hydrogen-bond donors (Lipinski definition) is 1. The van der Waals surface area contributed by atoms with E-state index in [2.05, 4.69) is 5.32 Å². The number of carbonyl (C=O) groups excluding carboxylic acids is 2. The lowest BCUT2D eigenvalue weighted by molar-refractivity contribution is -0.126. The Morgan fingerprint density at radius 2 is 2.00 bits per heavy atom. The SMILES string of the molecule is COc1ccc(C)cc1N1CC(C(=O)NCc2ccc(F)cc2)CC1=O. The Bertz CT molecular complexity index is 820. The Labute approximate surface area is 151 Å². The second-order valence-electron chi connectivity index (χ2n) is 6.42. The number of nitrogens with zero attached hydrogens (tertiary/aromatic N) is 1. The summed E-state index contributed by atoms with van der Waals surface area (Å²) in [4.78, 5) is 26.5. The molecule has 0 aliphatic carbocycles. The molecule has 1 aliphatic rings. The minimum absolute atomic E-state index is 0.101. The maximum absolute atomic E-state index is 12.9. The Balaban J connectivity index is 1.66. The molecule has 1 fully saturated rings. The molecule has 1 N–H and O–H groups in total. The fourth-order valence-electron chi connectivity index (χ4n) is 3.06. The van der Waals surface area contributed by atoms with E-state index in [-0.39, 0.29) is 24.1 Å². The van der Waals surface area contributed by atoms with E-state index in [1.54, 1.807) is 24.1 Å². The van der Waals surface area contributed by atoms with Crippen molar-refractivity contribution in [2.24, 2.45) is 5.92 Å². The Morgan fingerprint density at radius 1 is 1.27 bits per heavy atom. The summed E-state index contributed by atoms with van der Waals surface area (Å²) in [6.45, 7) is 2.56. The van der Waals surface area contributed by atoms with Crippen LogP contribution in [-0.4, -0.2) is 25.5 Å². The maximum Gasteiger partial charge on any atom is 0.227 e. The molecular formula is C20H21FN2O3. The minimum Gasteiger partial charge on any atom is -0.495 e. The van der Waals surface area contributed by atoms with Gasteiger partial charge in [-0.15, -0.1) is 0 Å². The van der Waals surface area contributed by atoms with E-state index in [0.717, 1.165) is 11.1 Å². The molecule has 5 nitrogen and oxygen atoms in total. The van der Waals surface area contributed by atoms with Crippen LogP contribution in [0, 0.1) is 18.7 Å². The van der Waals surface area contributed by atoms with E-state index in [1.807, 2.05) is 25.1 Å². The molecule has 2 amide bonds. The highest BCUT2D eigenvalue weighted by Crippen LogP contribution is 2.33. The van der Waals surface area contributed by atoms with Crippen LogP contribution in [0.2, 0.25) is 0 Å². The molecule has 0 radical (unpaired) electrons. The van der Waals surface area contributed by atoms with Crippen molar-refractivity contribution in [1.82, 2.24) is 5.32 Å². The molecule has 1 heterocycles. The van der Waals surface area contributed by atoms with E-state index in [4.69, 9.17) is 4.74 Å². The summed E-state index contributed by atoms with van der Waals surface area (Å²) in [7, 11) is 1.56. The van der Waals surface area contributed by atoms with Gasteiger partial charge in [0.1, 0.15) is 11.6 Å². The molecule has 0 bridgehead atoms. The quantitative estimate of drug-likeness (QED) is 0.896. The van der Waals surface area contributed by atoms with E-state index >= 15 is 0 Å². The maximum atomic E-state index is 12.9. The highest BCUT2D eigenvalue weighted by Gasteiger charge is 2.36. The first kappa shape index (κ1) is 17.9. The fraction of sp³-hybridized carbons (Fsp3) is 0.300. The zero-order valence-corrected chi connectivity index (χ0v) is 14.8. The van der Waals surface area contributed by atoms with Gasteiger partial charge in [0.2, 0.25) is 11.8 Å². The minimum atomic E-state index is -0.423. The molecule has 6 heteroatoms. The molecule has 136 valence electrons. The van der Waals surface area contributed by atoms with Crippen molar-refractivity contribution in [3.05, 3.63) is 59.4 Å². The summed E-state index contributed by atoms with van der Waals surface area (Å²) < 4.78 is 18.3. The number of methoxy groups -OCH3 is 1. The number of benzene rings is 2. The summed E-state index contributed by atoms with van der Waals surface area (Å²) in [5, 5.41) is 2.82. The second kappa shape index (κ2) is 7.56. The predicted molar refractivity (Wildman–Crippen MR) is 96.4 cm³/mol. The molecule has 2 aromatic carbocycles. The third-order valence-electron chi connectivity index (χ3n) is 4.50. The first-order valence-electron chi connectivity index (χ1n) is 8.45. The standard InChI is InChI=1S/C20H21FN2O3/c1-13-3-8-18(26-2)17(9-13)23-12-15(10-19(23)24)20(25)22-11-14-4-6-16(21)7-5-14/h3-9,15H,10-12H2,1-2H3,(H,22,25). The summed E-state index contributed by atoms with van der Waals surface area (Å²) in [6.07, 6.45) is 0.159. The van der Waals surface area contributed by atoms with Crippen LogP contribution in [0.3, 0.4) is 0 Å². The lowest BCUT2D eigenvalue weighted by atomic mass is 10.1. The lowest BCUT2D eigenvalue weighted by Gasteiger charge is -2.20. The zero-order chi connectivity index (χ0) is 18.7. The normalized spacial score (nSPS) is 16.7. The Morgan fingerprint density at radius 3 is 2.69 bits per heavy atom. The van der Waals surface area contributed by atoms with Crippen LogP contribution in [-0.2, 0) is 16.1 Å². The van der Waals surface area contributed by atoms with Crippen LogP contribution in [0.4, 0.5) is 10.1 Å². The highest BCUT2D eigenvalue weighted by atomic mass is 19.1. The summed E-state index contributed by atoms with van der Waals surface area (Å²) in [5.74, 6) is -0.415. The number of amides is 2. The molecule has 1 atom stereocenters. The topological polar surface area (TPSA) is 58.6 Å². The van der Waals surface area contributed by atoms with Gasteiger partial charge in [-0.25, -0.2) is 4.39 Å². The Hall–Kier alpha value is -2.89. The average molecular weight is 356 g/mol. The van der Waals surface area contributed by atoms with Gasteiger partial charge in [-0.1, -0.05) is 18.2 Å². The number of carbonyl (C=O) groups is 2. The smallest absolute Gasteiger partial charge is 0.227 e. The van der Waals surface area contributed by atoms with Crippen LogP contribution in [0.15, 0.2) is 42.5 Å². The third kappa shape index (κ3) is 3.85. The first-order valence-corrected chi connectivity index (χ1v) is 8.45. The molecule has 1 saturated heterocycles. The van der Waals surface area contributed by atoms with Gasteiger partial charge in [0.15, 0.2) is 0 Å². The lowest BCUT2D eigenvalue weighted by Crippen LogP contribution is -2.32. The van der Waals surface area contributed by atoms with Gasteiger partial charge in [-0.05, 0) is 42.3 Å². The van der Waals surface area contributed by atoms with E-state index in [9.17, 15) is 14.0 Å². The number of halogens is 1. The molecule has 0 spiro atoms. The van der Waals surface area contributed by atoms with Crippen molar-refractivity contribution in [3.63, 3.8) is 0 Å². The van der Waals surface area contributed by atoms with Crippen LogP contribution < -0.4 is 15.0 Å². The van der Waals surface area contributed by atoms with Crippen LogP contribution in [0.1, 0.15) is 17.5 Å². The van der Waals surface area contributed by atoms with Gasteiger partial charge in [-0.2, -0.15) is 0 Å². The predicted octanol–water partition coefficient (Wildman–Crippen LogP) is 2.81. The molecule has 1 aliphatic heterocycles. The number of ether oxygens (including phenoxy) is 1. The van der Waals surface area contributed by atoms with Crippen molar-refractivity contribution in [1.29, 1.82) is 0 Å². The molecule has 0 saturated carbocycles. The first-order chi connectivity index (χ1) is 12.5. The highest BCUT2D eigenvalue weighted by molar-refractivity contribution is 6.01. The second-order valence-corrected chi connectivity index (χ2v) is 6.42. The van der Waals surface area contributed by atoms with E-state index in [1.165, 1.54) is 12.1 Å². The van der Waals surface area contributed by atoms with Gasteiger partial charge >= 0.3 is 0 Å². The van der Waals surface area contributed by atoms with Crippen LogP contribution in [0.5, 0.6) is 5.75 Å². The van der Waals surface area contributed by atoms with Crippen LogP contribution >= 0.6 is 0 Å². The van der Waals surface area contributed by atoms with Gasteiger partial charge in [0, 0.05) is 19.5 Å². The van der Waals surface area contributed by atoms with Crippen molar-refractivity contribution >= 4 is 17.5 Å². The van der Waals surface area contributed by atoms with Crippen molar-refractivity contribution in [2.45, 2.75) is 19.9 Å². The summed E-state index contributed by atoms with van der Waals surface area (Å²) in [6, 6.07) is 11.6. The van der Waals surface area contributed by atoms with Crippen molar-refractivity contribution in [3.8, 4) is 5.75 Å². The monoisotopic (exact) mass is 356 g/mol.